The van der Waals surface area contributed by atoms with Crippen LogP contribution in [0.1, 0.15) is 6.92 Å². The quantitative estimate of drug-likeness (QED) is 0.840. The average molecular weight is 210 g/mol. The number of hydrogen-bond donors (Lipinski definition) is 1. The van der Waals surface area contributed by atoms with Crippen molar-refractivity contribution in [3.8, 4) is 10.6 Å². The summed E-state index contributed by atoms with van der Waals surface area (Å²) < 4.78 is 0. The van der Waals surface area contributed by atoms with E-state index in [1.807, 2.05) is 6.07 Å². The van der Waals surface area contributed by atoms with Crippen molar-refractivity contribution in [1.82, 2.24) is 4.98 Å². The first kappa shape index (κ1) is 8.72. The maximum absolute atomic E-state index is 4.46. The Morgan fingerprint density at radius 3 is 3.08 bits per heavy atom. The Morgan fingerprint density at radius 2 is 2.38 bits per heavy atom. The van der Waals surface area contributed by atoms with Crippen molar-refractivity contribution >= 4 is 27.8 Å². The molecule has 0 unspecified atom stereocenters. The third-order valence-corrected chi connectivity index (χ3v) is 3.30. The molecule has 2 nitrogen and oxygen atoms in total. The van der Waals surface area contributed by atoms with Crippen LogP contribution in [0.3, 0.4) is 0 Å². The van der Waals surface area contributed by atoms with E-state index in [2.05, 4.69) is 34.1 Å². The summed E-state index contributed by atoms with van der Waals surface area (Å²) in [5.41, 5.74) is 1.08. The second-order valence-electron chi connectivity index (χ2n) is 2.55. The largest absolute Gasteiger partial charge is 0.362 e. The van der Waals surface area contributed by atoms with Gasteiger partial charge in [-0.25, -0.2) is 4.98 Å². The van der Waals surface area contributed by atoms with Crippen LogP contribution in [0.15, 0.2) is 22.9 Å². The molecule has 2 aromatic rings. The number of nitrogens with one attached hydrogen (secondary N) is 1. The Kier molecular flexibility index (Phi) is 2.61. The van der Waals surface area contributed by atoms with Gasteiger partial charge in [-0.1, -0.05) is 6.07 Å². The highest BCUT2D eigenvalue weighted by atomic mass is 32.1. The zero-order chi connectivity index (χ0) is 9.10. The summed E-state index contributed by atoms with van der Waals surface area (Å²) >= 11 is 3.38. The Balaban J connectivity index is 2.23. The van der Waals surface area contributed by atoms with Gasteiger partial charge in [0.25, 0.3) is 0 Å². The second-order valence-corrected chi connectivity index (χ2v) is 4.35. The van der Waals surface area contributed by atoms with Crippen LogP contribution in [0.4, 0.5) is 5.13 Å². The topological polar surface area (TPSA) is 24.9 Å². The molecule has 0 bridgehead atoms. The molecule has 2 rings (SSSR count). The highest BCUT2D eigenvalue weighted by Gasteiger charge is 2.03. The zero-order valence-electron chi connectivity index (χ0n) is 7.28. The van der Waals surface area contributed by atoms with Crippen LogP contribution in [-0.4, -0.2) is 11.5 Å². The molecule has 4 heteroatoms. The van der Waals surface area contributed by atoms with Crippen molar-refractivity contribution in [3.63, 3.8) is 0 Å². The van der Waals surface area contributed by atoms with E-state index < -0.39 is 0 Å². The lowest BCUT2D eigenvalue weighted by Gasteiger charge is -1.93. The third kappa shape index (κ3) is 1.89. The minimum atomic E-state index is 0.928. The van der Waals surface area contributed by atoms with Crippen LogP contribution in [0, 0.1) is 0 Å². The van der Waals surface area contributed by atoms with E-state index in [1.54, 1.807) is 22.7 Å². The van der Waals surface area contributed by atoms with Crippen LogP contribution < -0.4 is 5.32 Å². The number of thiazole rings is 1. The van der Waals surface area contributed by atoms with Crippen LogP contribution in [0.2, 0.25) is 0 Å². The molecule has 0 atom stereocenters. The lowest BCUT2D eigenvalue weighted by molar-refractivity contribution is 1.19. The predicted molar refractivity (Wildman–Crippen MR) is 59.6 cm³/mol. The van der Waals surface area contributed by atoms with Gasteiger partial charge in [0.15, 0.2) is 5.13 Å². The van der Waals surface area contributed by atoms with E-state index in [-0.39, 0.29) is 0 Å². The number of thiophene rings is 1. The second kappa shape index (κ2) is 3.89. The molecule has 0 saturated heterocycles. The molecule has 1 N–H and O–H groups in total. The van der Waals surface area contributed by atoms with Crippen molar-refractivity contribution in [3.05, 3.63) is 22.9 Å². The van der Waals surface area contributed by atoms with Crippen LogP contribution in [-0.2, 0) is 0 Å². The molecule has 2 heterocycles. The Bertz CT molecular complexity index is 365. The van der Waals surface area contributed by atoms with Gasteiger partial charge in [0.2, 0.25) is 0 Å². The summed E-state index contributed by atoms with van der Waals surface area (Å²) in [4.78, 5) is 5.70. The first-order chi connectivity index (χ1) is 6.40. The fourth-order valence-corrected chi connectivity index (χ4v) is 2.59. The normalized spacial score (nSPS) is 10.2. The van der Waals surface area contributed by atoms with Gasteiger partial charge in [-0.05, 0) is 18.4 Å². The predicted octanol–water partition coefficient (Wildman–Crippen LogP) is 3.30. The fraction of sp³-hybridized carbons (Fsp3) is 0.222. The van der Waals surface area contributed by atoms with Gasteiger partial charge in [0, 0.05) is 11.9 Å². The number of anilines is 1. The smallest absolute Gasteiger partial charge is 0.183 e. The van der Waals surface area contributed by atoms with Gasteiger partial charge >= 0.3 is 0 Å². The number of aromatic nitrogens is 1. The van der Waals surface area contributed by atoms with Gasteiger partial charge < -0.3 is 5.32 Å². The minimum absolute atomic E-state index is 0.928. The zero-order valence-corrected chi connectivity index (χ0v) is 8.91. The van der Waals surface area contributed by atoms with Crippen LogP contribution >= 0.6 is 22.7 Å². The van der Waals surface area contributed by atoms with Gasteiger partial charge in [0.1, 0.15) is 0 Å². The SMILES string of the molecule is CCNc1nc(-c2cccs2)cs1. The van der Waals surface area contributed by atoms with Crippen molar-refractivity contribution in [2.45, 2.75) is 6.92 Å². The van der Waals surface area contributed by atoms with Crippen molar-refractivity contribution < 1.29 is 0 Å². The lowest BCUT2D eigenvalue weighted by atomic mass is 10.4. The number of hydrogen-bond acceptors (Lipinski definition) is 4. The maximum atomic E-state index is 4.46. The summed E-state index contributed by atoms with van der Waals surface area (Å²) in [5, 5.41) is 8.37. The molecule has 0 radical (unpaired) electrons. The molecule has 0 aliphatic carbocycles. The van der Waals surface area contributed by atoms with Crippen molar-refractivity contribution in [1.29, 1.82) is 0 Å². The van der Waals surface area contributed by atoms with E-state index in [1.165, 1.54) is 4.88 Å². The van der Waals surface area contributed by atoms with Crippen molar-refractivity contribution in [2.24, 2.45) is 0 Å². The maximum Gasteiger partial charge on any atom is 0.183 e. The molecule has 0 aliphatic heterocycles. The highest BCUT2D eigenvalue weighted by molar-refractivity contribution is 7.15. The summed E-state index contributed by atoms with van der Waals surface area (Å²) in [6, 6.07) is 4.14. The Morgan fingerprint density at radius 1 is 1.46 bits per heavy atom. The lowest BCUT2D eigenvalue weighted by Crippen LogP contribution is -1.94. The third-order valence-electron chi connectivity index (χ3n) is 1.61. The summed E-state index contributed by atoms with van der Waals surface area (Å²) in [6.07, 6.45) is 0. The van der Waals surface area contributed by atoms with Gasteiger partial charge in [-0.3, -0.25) is 0 Å². The van der Waals surface area contributed by atoms with E-state index in [9.17, 15) is 0 Å². The minimum Gasteiger partial charge on any atom is -0.362 e. The molecule has 0 amide bonds. The van der Waals surface area contributed by atoms with E-state index >= 15 is 0 Å². The highest BCUT2D eigenvalue weighted by Crippen LogP contribution is 2.27. The molecule has 0 aliphatic rings. The van der Waals surface area contributed by atoms with Gasteiger partial charge in [-0.2, -0.15) is 0 Å². The average Bonchev–Trinajstić information content (AvgIpc) is 2.70. The number of nitrogens with zero attached hydrogens (tertiary/aromatic N) is 1. The first-order valence-corrected chi connectivity index (χ1v) is 5.89. The van der Waals surface area contributed by atoms with E-state index in [0.717, 1.165) is 17.4 Å². The molecule has 68 valence electrons. The standard InChI is InChI=1S/C9H10N2S2/c1-2-10-9-11-7(6-13-9)8-4-3-5-12-8/h3-6H,2H2,1H3,(H,10,11). The summed E-state index contributed by atoms with van der Waals surface area (Å²) in [7, 11) is 0. The van der Waals surface area contributed by atoms with Crippen LogP contribution in [0.25, 0.3) is 10.6 Å². The van der Waals surface area contributed by atoms with E-state index in [4.69, 9.17) is 0 Å². The van der Waals surface area contributed by atoms with Gasteiger partial charge in [-0.15, -0.1) is 22.7 Å². The Hall–Kier alpha value is -0.870. The summed E-state index contributed by atoms with van der Waals surface area (Å²) in [5.74, 6) is 0. The monoisotopic (exact) mass is 210 g/mol. The number of rotatable bonds is 3. The molecule has 0 spiro atoms. The van der Waals surface area contributed by atoms with E-state index in [0.29, 0.717) is 0 Å². The molecule has 2 aromatic heterocycles. The molecule has 0 aromatic carbocycles. The molecular weight excluding hydrogens is 200 g/mol. The van der Waals surface area contributed by atoms with Crippen LogP contribution in [0.5, 0.6) is 0 Å². The van der Waals surface area contributed by atoms with Gasteiger partial charge in [0.05, 0.1) is 10.6 Å². The Labute approximate surface area is 85.3 Å². The van der Waals surface area contributed by atoms with Crippen molar-refractivity contribution in [2.75, 3.05) is 11.9 Å². The first-order valence-electron chi connectivity index (χ1n) is 4.13. The molecular formula is C9H10N2S2. The molecule has 13 heavy (non-hydrogen) atoms. The summed E-state index contributed by atoms with van der Waals surface area (Å²) in [6.45, 7) is 3.00. The molecule has 0 fully saturated rings. The molecule has 0 saturated carbocycles. The fourth-order valence-electron chi connectivity index (χ4n) is 1.04.